The number of hydrogen-bond acceptors (Lipinski definition) is 4. The summed E-state index contributed by atoms with van der Waals surface area (Å²) in [5.74, 6) is -0.0648. The molecule has 0 aliphatic heterocycles. The quantitative estimate of drug-likeness (QED) is 0.597. The van der Waals surface area contributed by atoms with E-state index in [1.807, 2.05) is 6.92 Å². The van der Waals surface area contributed by atoms with Crippen molar-refractivity contribution in [2.24, 2.45) is 0 Å². The van der Waals surface area contributed by atoms with Crippen LogP contribution in [0.1, 0.15) is 24.5 Å². The second kappa shape index (κ2) is 7.50. The minimum atomic E-state index is -0.382. The van der Waals surface area contributed by atoms with Gasteiger partial charge in [0.2, 0.25) is 5.91 Å². The third kappa shape index (κ3) is 4.24. The summed E-state index contributed by atoms with van der Waals surface area (Å²) >= 11 is 1.53. The lowest BCUT2D eigenvalue weighted by atomic mass is 10.1. The lowest BCUT2D eigenvalue weighted by Crippen LogP contribution is -2.37. The van der Waals surface area contributed by atoms with Crippen molar-refractivity contribution >= 4 is 23.6 Å². The Morgan fingerprint density at radius 2 is 2.05 bits per heavy atom. The molecule has 0 bridgehead atoms. The molecule has 0 saturated carbocycles. The molecule has 0 fully saturated rings. The van der Waals surface area contributed by atoms with Gasteiger partial charge in [0.15, 0.2) is 0 Å². The number of aryl methyl sites for hydroxylation is 2. The van der Waals surface area contributed by atoms with E-state index in [-0.39, 0.29) is 18.4 Å². The minimum absolute atomic E-state index is 0.0244. The molecule has 0 heterocycles. The van der Waals surface area contributed by atoms with E-state index in [1.165, 1.54) is 47.7 Å². The van der Waals surface area contributed by atoms with Crippen molar-refractivity contribution in [1.82, 2.24) is 4.90 Å². The zero-order valence-corrected chi connectivity index (χ0v) is 13.4. The Labute approximate surface area is 129 Å². The fourth-order valence-electron chi connectivity index (χ4n) is 2.47. The van der Waals surface area contributed by atoms with Gasteiger partial charge in [0, 0.05) is 11.4 Å². The van der Waals surface area contributed by atoms with E-state index in [4.69, 9.17) is 0 Å². The predicted molar refractivity (Wildman–Crippen MR) is 83.5 cm³/mol. The van der Waals surface area contributed by atoms with Crippen LogP contribution in [0.15, 0.2) is 23.1 Å². The van der Waals surface area contributed by atoms with Gasteiger partial charge < -0.3 is 9.64 Å². The summed E-state index contributed by atoms with van der Waals surface area (Å²) < 4.78 is 4.61. The van der Waals surface area contributed by atoms with Gasteiger partial charge in [-0.1, -0.05) is 6.07 Å². The van der Waals surface area contributed by atoms with E-state index >= 15 is 0 Å². The number of carbonyl (C=O) groups is 2. The highest BCUT2D eigenvalue weighted by molar-refractivity contribution is 8.00. The number of rotatable bonds is 6. The number of amides is 1. The smallest absolute Gasteiger partial charge is 0.325 e. The molecule has 5 heteroatoms. The average molecular weight is 307 g/mol. The van der Waals surface area contributed by atoms with Crippen LogP contribution < -0.4 is 0 Å². The summed E-state index contributed by atoms with van der Waals surface area (Å²) in [4.78, 5) is 26.0. The van der Waals surface area contributed by atoms with Crippen molar-refractivity contribution in [3.8, 4) is 0 Å². The number of fused-ring (bicyclic) bond motifs is 1. The third-order valence-electron chi connectivity index (χ3n) is 3.71. The lowest BCUT2D eigenvalue weighted by Gasteiger charge is -2.19. The molecule has 1 amide bonds. The maximum absolute atomic E-state index is 12.1. The highest BCUT2D eigenvalue weighted by Crippen LogP contribution is 2.27. The van der Waals surface area contributed by atoms with Gasteiger partial charge in [0.1, 0.15) is 6.54 Å². The Hall–Kier alpha value is -1.49. The molecule has 0 saturated heterocycles. The normalized spacial score (nSPS) is 12.9. The van der Waals surface area contributed by atoms with Gasteiger partial charge in [-0.3, -0.25) is 9.59 Å². The van der Waals surface area contributed by atoms with Gasteiger partial charge in [0.25, 0.3) is 0 Å². The number of thioether (sulfide) groups is 1. The monoisotopic (exact) mass is 307 g/mol. The van der Waals surface area contributed by atoms with Crippen molar-refractivity contribution < 1.29 is 14.3 Å². The molecule has 0 aromatic heterocycles. The van der Waals surface area contributed by atoms with Crippen LogP contribution in [0.25, 0.3) is 0 Å². The van der Waals surface area contributed by atoms with Crippen molar-refractivity contribution in [3.05, 3.63) is 29.3 Å². The topological polar surface area (TPSA) is 46.6 Å². The van der Waals surface area contributed by atoms with Crippen LogP contribution in [0.4, 0.5) is 0 Å². The molecule has 4 nitrogen and oxygen atoms in total. The lowest BCUT2D eigenvalue weighted by molar-refractivity contribution is -0.146. The first-order chi connectivity index (χ1) is 10.1. The van der Waals surface area contributed by atoms with Gasteiger partial charge in [-0.05, 0) is 49.4 Å². The molecule has 0 N–H and O–H groups in total. The molecule has 21 heavy (non-hydrogen) atoms. The Morgan fingerprint density at radius 3 is 2.76 bits per heavy atom. The fraction of sp³-hybridized carbons (Fsp3) is 0.500. The van der Waals surface area contributed by atoms with Crippen LogP contribution in [0, 0.1) is 0 Å². The zero-order valence-electron chi connectivity index (χ0n) is 12.6. The molecular formula is C16H21NO3S. The molecule has 0 atom stereocenters. The average Bonchev–Trinajstić information content (AvgIpc) is 2.97. The van der Waals surface area contributed by atoms with Gasteiger partial charge in [0.05, 0.1) is 12.9 Å². The molecule has 0 radical (unpaired) electrons. The summed E-state index contributed by atoms with van der Waals surface area (Å²) in [5.41, 5.74) is 2.85. The van der Waals surface area contributed by atoms with Crippen molar-refractivity contribution in [3.63, 3.8) is 0 Å². The van der Waals surface area contributed by atoms with Crippen molar-refractivity contribution in [2.75, 3.05) is 26.0 Å². The fourth-order valence-corrected chi connectivity index (χ4v) is 3.33. The molecule has 114 valence electrons. The summed E-state index contributed by atoms with van der Waals surface area (Å²) in [6, 6.07) is 6.44. The SMILES string of the molecule is CCN(CC(=O)OC)C(=O)CSc1ccc2c(c1)CCC2. The third-order valence-corrected chi connectivity index (χ3v) is 4.69. The molecule has 1 aliphatic rings. The van der Waals surface area contributed by atoms with Crippen LogP contribution in [0.5, 0.6) is 0 Å². The van der Waals surface area contributed by atoms with Crippen molar-refractivity contribution in [2.45, 2.75) is 31.1 Å². The number of likely N-dealkylation sites (N-methyl/N-ethyl adjacent to an activating group) is 1. The summed E-state index contributed by atoms with van der Waals surface area (Å²) in [6.07, 6.45) is 3.54. The number of methoxy groups -OCH3 is 1. The maximum Gasteiger partial charge on any atom is 0.325 e. The minimum Gasteiger partial charge on any atom is -0.468 e. The van der Waals surface area contributed by atoms with Gasteiger partial charge in [-0.2, -0.15) is 0 Å². The number of nitrogens with zero attached hydrogens (tertiary/aromatic N) is 1. The number of hydrogen-bond donors (Lipinski definition) is 0. The second-order valence-electron chi connectivity index (χ2n) is 5.06. The highest BCUT2D eigenvalue weighted by atomic mass is 32.2. The van der Waals surface area contributed by atoms with Crippen LogP contribution in [0.3, 0.4) is 0 Å². The Morgan fingerprint density at radius 1 is 1.29 bits per heavy atom. The highest BCUT2D eigenvalue weighted by Gasteiger charge is 2.17. The zero-order chi connectivity index (χ0) is 15.2. The molecule has 0 spiro atoms. The summed E-state index contributed by atoms with van der Waals surface area (Å²) in [6.45, 7) is 2.40. The van der Waals surface area contributed by atoms with Crippen molar-refractivity contribution in [1.29, 1.82) is 0 Å². The standard InChI is InChI=1S/C16H21NO3S/c1-3-17(10-16(19)20-2)15(18)11-21-14-8-7-12-5-4-6-13(12)9-14/h7-9H,3-6,10-11H2,1-2H3. The van der Waals surface area contributed by atoms with Gasteiger partial charge >= 0.3 is 5.97 Å². The van der Waals surface area contributed by atoms with Gasteiger partial charge in [-0.15, -0.1) is 11.8 Å². The largest absolute Gasteiger partial charge is 0.468 e. The summed E-state index contributed by atoms with van der Waals surface area (Å²) in [7, 11) is 1.33. The Kier molecular flexibility index (Phi) is 5.67. The van der Waals surface area contributed by atoms with Crippen LogP contribution >= 0.6 is 11.8 Å². The Bertz CT molecular complexity index is 530. The maximum atomic E-state index is 12.1. The van der Waals surface area contributed by atoms with Gasteiger partial charge in [-0.25, -0.2) is 0 Å². The van der Waals surface area contributed by atoms with Crippen LogP contribution in [-0.2, 0) is 27.2 Å². The molecule has 2 rings (SSSR count). The molecule has 0 unspecified atom stereocenters. The second-order valence-corrected chi connectivity index (χ2v) is 6.11. The predicted octanol–water partition coefficient (Wildman–Crippen LogP) is 2.29. The number of esters is 1. The number of ether oxygens (including phenoxy) is 1. The summed E-state index contributed by atoms with van der Waals surface area (Å²) in [5, 5.41) is 0. The van der Waals surface area contributed by atoms with E-state index in [9.17, 15) is 9.59 Å². The molecule has 1 aliphatic carbocycles. The van der Waals surface area contributed by atoms with E-state index in [0.29, 0.717) is 12.3 Å². The van der Waals surface area contributed by atoms with E-state index in [2.05, 4.69) is 22.9 Å². The first-order valence-corrected chi connectivity index (χ1v) is 8.21. The first kappa shape index (κ1) is 15.9. The molecular weight excluding hydrogens is 286 g/mol. The van der Waals surface area contributed by atoms with E-state index in [1.54, 1.807) is 0 Å². The first-order valence-electron chi connectivity index (χ1n) is 7.23. The van der Waals surface area contributed by atoms with Crippen LogP contribution in [-0.4, -0.2) is 42.7 Å². The van der Waals surface area contributed by atoms with Crippen LogP contribution in [0.2, 0.25) is 0 Å². The van der Waals surface area contributed by atoms with E-state index < -0.39 is 0 Å². The number of benzene rings is 1. The molecule has 1 aromatic rings. The Balaban J connectivity index is 1.89. The molecule has 1 aromatic carbocycles. The van der Waals surface area contributed by atoms with E-state index in [0.717, 1.165) is 11.3 Å². The number of carbonyl (C=O) groups excluding carboxylic acids is 2.